The molecule has 0 radical (unpaired) electrons. The molecule has 0 saturated heterocycles. The van der Waals surface area contributed by atoms with Crippen LogP contribution in [0.25, 0.3) is 0 Å². The van der Waals surface area contributed by atoms with Crippen LogP contribution >= 0.6 is 0 Å². The smallest absolute Gasteiger partial charge is 0.310 e. The summed E-state index contributed by atoms with van der Waals surface area (Å²) in [7, 11) is 1.34. The molecule has 1 aromatic heterocycles. The van der Waals surface area contributed by atoms with Gasteiger partial charge in [-0.2, -0.15) is 5.26 Å². The monoisotopic (exact) mass is 268 g/mol. The molecule has 0 saturated carbocycles. The predicted molar refractivity (Wildman–Crippen MR) is 71.2 cm³/mol. The summed E-state index contributed by atoms with van der Waals surface area (Å²) in [4.78, 5) is 15.4. The van der Waals surface area contributed by atoms with Gasteiger partial charge in [0.1, 0.15) is 11.8 Å². The summed E-state index contributed by atoms with van der Waals surface area (Å²) < 4.78 is 10.3. The highest BCUT2D eigenvalue weighted by Crippen LogP contribution is 2.24. The lowest BCUT2D eigenvalue weighted by atomic mass is 10.1. The van der Waals surface area contributed by atoms with E-state index in [-0.39, 0.29) is 12.4 Å². The van der Waals surface area contributed by atoms with E-state index in [0.717, 1.165) is 0 Å². The van der Waals surface area contributed by atoms with Crippen LogP contribution in [0.4, 0.5) is 0 Å². The average molecular weight is 268 g/mol. The van der Waals surface area contributed by atoms with Crippen molar-refractivity contribution in [2.24, 2.45) is 0 Å². The molecule has 20 heavy (non-hydrogen) atoms. The molecule has 0 unspecified atom stereocenters. The molecule has 0 bridgehead atoms. The van der Waals surface area contributed by atoms with Crippen LogP contribution in [0, 0.1) is 11.3 Å². The lowest BCUT2D eigenvalue weighted by molar-refractivity contribution is -0.139. The molecule has 1 heterocycles. The van der Waals surface area contributed by atoms with Crippen molar-refractivity contribution in [1.29, 1.82) is 5.26 Å². The molecule has 100 valence electrons. The molecule has 1 aromatic carbocycles. The van der Waals surface area contributed by atoms with Crippen molar-refractivity contribution in [1.82, 2.24) is 4.98 Å². The number of esters is 1. The molecule has 0 atom stereocenters. The molecule has 0 aliphatic rings. The third-order valence-corrected chi connectivity index (χ3v) is 2.62. The number of carbonyl (C=O) groups excluding carboxylic acids is 1. The van der Waals surface area contributed by atoms with Gasteiger partial charge in [-0.1, -0.05) is 18.2 Å². The second kappa shape index (κ2) is 6.34. The zero-order valence-corrected chi connectivity index (χ0v) is 10.9. The number of benzene rings is 1. The van der Waals surface area contributed by atoms with Gasteiger partial charge in [-0.15, -0.1) is 0 Å². The number of rotatable bonds is 4. The van der Waals surface area contributed by atoms with E-state index in [0.29, 0.717) is 22.8 Å². The lowest BCUT2D eigenvalue weighted by Gasteiger charge is -2.09. The number of aromatic nitrogens is 1. The zero-order valence-electron chi connectivity index (χ0n) is 10.9. The number of nitrogens with zero attached hydrogens (tertiary/aromatic N) is 2. The topological polar surface area (TPSA) is 72.2 Å². The zero-order chi connectivity index (χ0) is 14.4. The summed E-state index contributed by atoms with van der Waals surface area (Å²) >= 11 is 0. The maximum atomic E-state index is 11.3. The number of pyridine rings is 1. The van der Waals surface area contributed by atoms with Gasteiger partial charge in [0.15, 0.2) is 0 Å². The van der Waals surface area contributed by atoms with Gasteiger partial charge >= 0.3 is 5.97 Å². The molecule has 0 aliphatic carbocycles. The van der Waals surface area contributed by atoms with Crippen LogP contribution in [-0.2, 0) is 16.0 Å². The van der Waals surface area contributed by atoms with Gasteiger partial charge in [0.25, 0.3) is 0 Å². The van der Waals surface area contributed by atoms with Crippen molar-refractivity contribution in [2.45, 2.75) is 6.42 Å². The van der Waals surface area contributed by atoms with Crippen molar-refractivity contribution >= 4 is 5.97 Å². The summed E-state index contributed by atoms with van der Waals surface area (Å²) in [6, 6.07) is 12.4. The Balaban J connectivity index is 2.20. The summed E-state index contributed by atoms with van der Waals surface area (Å²) in [5.74, 6) is 0.560. The first-order valence-corrected chi connectivity index (χ1v) is 5.91. The molecule has 0 N–H and O–H groups in total. The number of methoxy groups -OCH3 is 1. The maximum absolute atomic E-state index is 11.3. The molecule has 2 aromatic rings. The molecule has 5 nitrogen and oxygen atoms in total. The lowest BCUT2D eigenvalue weighted by Crippen LogP contribution is -2.05. The third kappa shape index (κ3) is 3.33. The van der Waals surface area contributed by atoms with Crippen molar-refractivity contribution < 1.29 is 14.3 Å². The molecular formula is C15H12N2O3. The Hall–Kier alpha value is -2.87. The number of nitriles is 1. The van der Waals surface area contributed by atoms with Gasteiger partial charge in [0.2, 0.25) is 5.88 Å². The van der Waals surface area contributed by atoms with Gasteiger partial charge in [-0.3, -0.25) is 4.79 Å². The highest BCUT2D eigenvalue weighted by atomic mass is 16.5. The maximum Gasteiger partial charge on any atom is 0.310 e. The molecule has 2 rings (SSSR count). The Morgan fingerprint density at radius 1 is 1.30 bits per heavy atom. The van der Waals surface area contributed by atoms with Crippen LogP contribution in [0.5, 0.6) is 11.6 Å². The molecule has 0 aliphatic heterocycles. The number of ether oxygens (including phenoxy) is 2. The first kappa shape index (κ1) is 13.6. The van der Waals surface area contributed by atoms with E-state index in [9.17, 15) is 4.79 Å². The third-order valence-electron chi connectivity index (χ3n) is 2.62. The van der Waals surface area contributed by atoms with Crippen LogP contribution in [0.3, 0.4) is 0 Å². The van der Waals surface area contributed by atoms with Crippen molar-refractivity contribution in [3.05, 3.63) is 53.7 Å². The summed E-state index contributed by atoms with van der Waals surface area (Å²) in [5.41, 5.74) is 1.17. The van der Waals surface area contributed by atoms with E-state index in [1.165, 1.54) is 13.3 Å². The quantitative estimate of drug-likeness (QED) is 0.796. The van der Waals surface area contributed by atoms with E-state index in [4.69, 9.17) is 10.00 Å². The molecular weight excluding hydrogens is 256 g/mol. The van der Waals surface area contributed by atoms with Crippen molar-refractivity contribution in [2.75, 3.05) is 7.11 Å². The fraction of sp³-hybridized carbons (Fsp3) is 0.133. The van der Waals surface area contributed by atoms with E-state index < -0.39 is 0 Å². The van der Waals surface area contributed by atoms with E-state index in [1.54, 1.807) is 30.3 Å². The normalized spacial score (nSPS) is 9.60. The summed E-state index contributed by atoms with van der Waals surface area (Å²) in [5, 5.41) is 8.71. The van der Waals surface area contributed by atoms with E-state index in [2.05, 4.69) is 9.72 Å². The minimum absolute atomic E-state index is 0.128. The number of hydrogen-bond acceptors (Lipinski definition) is 5. The summed E-state index contributed by atoms with van der Waals surface area (Å²) in [6.07, 6.45) is 1.56. The number of carbonyl (C=O) groups is 1. The van der Waals surface area contributed by atoms with Crippen LogP contribution < -0.4 is 4.74 Å². The van der Waals surface area contributed by atoms with Crippen LogP contribution in [0.1, 0.15) is 11.1 Å². The van der Waals surface area contributed by atoms with Gasteiger partial charge in [0, 0.05) is 17.8 Å². The predicted octanol–water partition coefficient (Wildman–Crippen LogP) is 2.46. The fourth-order valence-electron chi connectivity index (χ4n) is 1.60. The second-order valence-electron chi connectivity index (χ2n) is 3.96. The number of hydrogen-bond donors (Lipinski definition) is 0. The fourth-order valence-corrected chi connectivity index (χ4v) is 1.60. The SMILES string of the molecule is COC(=O)Cc1ccccc1Oc1ccc(C#N)cn1. The van der Waals surface area contributed by atoms with Crippen LogP contribution in [-0.4, -0.2) is 18.1 Å². The van der Waals surface area contributed by atoms with Gasteiger partial charge in [-0.25, -0.2) is 4.98 Å². The average Bonchev–Trinajstić information content (AvgIpc) is 2.50. The van der Waals surface area contributed by atoms with Crippen molar-refractivity contribution in [3.63, 3.8) is 0 Å². The van der Waals surface area contributed by atoms with Gasteiger partial charge < -0.3 is 9.47 Å². The van der Waals surface area contributed by atoms with E-state index in [1.807, 2.05) is 12.1 Å². The number of para-hydroxylation sites is 1. The Bertz CT molecular complexity index is 645. The second-order valence-corrected chi connectivity index (χ2v) is 3.96. The Morgan fingerprint density at radius 2 is 2.10 bits per heavy atom. The Morgan fingerprint density at radius 3 is 2.75 bits per heavy atom. The molecule has 0 spiro atoms. The van der Waals surface area contributed by atoms with E-state index >= 15 is 0 Å². The highest BCUT2D eigenvalue weighted by Gasteiger charge is 2.10. The molecule has 0 amide bonds. The molecule has 0 fully saturated rings. The summed E-state index contributed by atoms with van der Waals surface area (Å²) in [6.45, 7) is 0. The molecule has 5 heteroatoms. The van der Waals surface area contributed by atoms with Gasteiger partial charge in [0.05, 0.1) is 19.1 Å². The minimum atomic E-state index is -0.339. The van der Waals surface area contributed by atoms with Gasteiger partial charge in [-0.05, 0) is 12.1 Å². The Kier molecular flexibility index (Phi) is 4.30. The van der Waals surface area contributed by atoms with Crippen molar-refractivity contribution in [3.8, 4) is 17.7 Å². The first-order valence-electron chi connectivity index (χ1n) is 5.91. The minimum Gasteiger partial charge on any atom is -0.469 e. The standard InChI is InChI=1S/C15H12N2O3/c1-19-15(18)8-12-4-2-3-5-13(12)20-14-7-6-11(9-16)10-17-14/h2-7,10H,8H2,1H3. The highest BCUT2D eigenvalue weighted by molar-refractivity contribution is 5.73. The first-order chi connectivity index (χ1) is 9.72. The van der Waals surface area contributed by atoms with Crippen LogP contribution in [0.2, 0.25) is 0 Å². The Labute approximate surface area is 116 Å². The van der Waals surface area contributed by atoms with Crippen LogP contribution in [0.15, 0.2) is 42.6 Å². The largest absolute Gasteiger partial charge is 0.469 e.